The molecule has 0 saturated carbocycles. The molecule has 0 aliphatic carbocycles. The van der Waals surface area contributed by atoms with Crippen LogP contribution >= 0.6 is 15.9 Å². The fourth-order valence-corrected chi connectivity index (χ4v) is 4.25. The smallest absolute Gasteiger partial charge is 0.106 e. The van der Waals surface area contributed by atoms with Crippen molar-refractivity contribution in [2.24, 2.45) is 5.16 Å². The zero-order valence-corrected chi connectivity index (χ0v) is 17.4. The van der Waals surface area contributed by atoms with Crippen molar-refractivity contribution in [2.45, 2.75) is 34.1 Å². The van der Waals surface area contributed by atoms with E-state index in [2.05, 4.69) is 78.3 Å². The summed E-state index contributed by atoms with van der Waals surface area (Å²) >= 11 is 3.59. The Bertz CT molecular complexity index is 985. The molecule has 3 nitrogen and oxygen atoms in total. The van der Waals surface area contributed by atoms with Gasteiger partial charge < -0.3 is 4.84 Å². The molecule has 0 spiro atoms. The van der Waals surface area contributed by atoms with Crippen LogP contribution in [0.1, 0.15) is 35.7 Å². The molecule has 2 aromatic carbocycles. The van der Waals surface area contributed by atoms with E-state index in [-0.39, 0.29) is 0 Å². The van der Waals surface area contributed by atoms with Crippen LogP contribution in [0, 0.1) is 20.8 Å². The summed E-state index contributed by atoms with van der Waals surface area (Å²) in [4.78, 5) is 9.95. The van der Waals surface area contributed by atoms with Crippen molar-refractivity contribution in [3.05, 3.63) is 63.3 Å². The third kappa shape index (κ3) is 3.38. The molecule has 0 fully saturated rings. The predicted molar refractivity (Wildman–Crippen MR) is 113 cm³/mol. The van der Waals surface area contributed by atoms with Gasteiger partial charge in [0.05, 0.1) is 11.2 Å². The summed E-state index contributed by atoms with van der Waals surface area (Å²) in [6, 6.07) is 12.8. The van der Waals surface area contributed by atoms with Gasteiger partial charge in [-0.1, -0.05) is 46.2 Å². The van der Waals surface area contributed by atoms with Gasteiger partial charge in [0.1, 0.15) is 7.11 Å². The van der Waals surface area contributed by atoms with E-state index in [0.717, 1.165) is 44.3 Å². The van der Waals surface area contributed by atoms with Crippen molar-refractivity contribution in [1.29, 1.82) is 0 Å². The van der Waals surface area contributed by atoms with Gasteiger partial charge in [-0.25, -0.2) is 0 Å². The lowest BCUT2D eigenvalue weighted by molar-refractivity contribution is 0.213. The molecule has 0 amide bonds. The Labute approximate surface area is 163 Å². The summed E-state index contributed by atoms with van der Waals surface area (Å²) in [5.41, 5.74) is 8.87. The minimum atomic E-state index is 0.799. The zero-order chi connectivity index (χ0) is 18.8. The maximum absolute atomic E-state index is 5.07. The maximum atomic E-state index is 5.07. The Balaban J connectivity index is 2.38. The highest BCUT2D eigenvalue weighted by molar-refractivity contribution is 9.10. The van der Waals surface area contributed by atoms with Gasteiger partial charge >= 0.3 is 0 Å². The summed E-state index contributed by atoms with van der Waals surface area (Å²) in [5, 5.41) is 5.34. The van der Waals surface area contributed by atoms with Crippen LogP contribution in [0.4, 0.5) is 0 Å². The maximum Gasteiger partial charge on any atom is 0.106 e. The largest absolute Gasteiger partial charge is 0.399 e. The van der Waals surface area contributed by atoms with Crippen molar-refractivity contribution >= 4 is 32.5 Å². The van der Waals surface area contributed by atoms with Gasteiger partial charge in [0.2, 0.25) is 0 Å². The summed E-state index contributed by atoms with van der Waals surface area (Å²) in [5.74, 6) is 0. The quantitative estimate of drug-likeness (QED) is 0.370. The lowest BCUT2D eigenvalue weighted by Crippen LogP contribution is -2.04. The molecule has 26 heavy (non-hydrogen) atoms. The first-order chi connectivity index (χ1) is 12.5. The van der Waals surface area contributed by atoms with E-state index in [1.807, 2.05) is 6.92 Å². The Hall–Kier alpha value is -2.20. The molecule has 0 radical (unpaired) electrons. The number of para-hydroxylation sites is 1. The van der Waals surface area contributed by atoms with Gasteiger partial charge in [0.25, 0.3) is 0 Å². The van der Waals surface area contributed by atoms with Crippen LogP contribution in [0.2, 0.25) is 0 Å². The van der Waals surface area contributed by atoms with Crippen LogP contribution in [0.3, 0.4) is 0 Å². The summed E-state index contributed by atoms with van der Waals surface area (Å²) in [6.07, 6.45) is 0.799. The molecule has 0 aliphatic heterocycles. The lowest BCUT2D eigenvalue weighted by atomic mass is 9.92. The topological polar surface area (TPSA) is 34.5 Å². The highest BCUT2D eigenvalue weighted by Crippen LogP contribution is 2.35. The molecule has 0 aliphatic rings. The molecular formula is C22H23BrN2O. The number of fused-ring (bicyclic) bond motifs is 1. The molecule has 0 saturated heterocycles. The Kier molecular flexibility index (Phi) is 5.42. The van der Waals surface area contributed by atoms with Crippen molar-refractivity contribution < 1.29 is 4.84 Å². The first kappa shape index (κ1) is 18.6. The molecule has 1 aromatic heterocycles. The average Bonchev–Trinajstić information content (AvgIpc) is 2.58. The lowest BCUT2D eigenvalue weighted by Gasteiger charge is -2.16. The molecule has 3 aromatic rings. The van der Waals surface area contributed by atoms with Crippen molar-refractivity contribution in [3.63, 3.8) is 0 Å². The number of pyridine rings is 1. The van der Waals surface area contributed by atoms with Crippen LogP contribution in [-0.4, -0.2) is 17.8 Å². The normalized spacial score (nSPS) is 11.8. The standard InChI is InChI=1S/C22H23BrN2O/c1-6-20(25-26-5)19-12-15(4)24-22-17(19)8-7-9-18(22)21-13(2)10-16(23)11-14(21)3/h7-12H,6H2,1-5H3/b25-20-. The molecule has 4 heteroatoms. The molecule has 0 N–H and O–H groups in total. The molecule has 0 unspecified atom stereocenters. The van der Waals surface area contributed by atoms with Crippen molar-refractivity contribution in [3.8, 4) is 11.1 Å². The first-order valence-electron chi connectivity index (χ1n) is 8.74. The minimum Gasteiger partial charge on any atom is -0.399 e. The van der Waals surface area contributed by atoms with Crippen molar-refractivity contribution in [1.82, 2.24) is 4.98 Å². The monoisotopic (exact) mass is 410 g/mol. The van der Waals surface area contributed by atoms with Crippen LogP contribution in [0.15, 0.2) is 46.0 Å². The highest BCUT2D eigenvalue weighted by Gasteiger charge is 2.16. The number of benzene rings is 2. The Morgan fingerprint density at radius 2 is 1.81 bits per heavy atom. The second kappa shape index (κ2) is 7.58. The van der Waals surface area contributed by atoms with Gasteiger partial charge in [-0.15, -0.1) is 0 Å². The van der Waals surface area contributed by atoms with E-state index in [1.165, 1.54) is 16.7 Å². The fraction of sp³-hybridized carbons (Fsp3) is 0.273. The van der Waals surface area contributed by atoms with Gasteiger partial charge in [-0.2, -0.15) is 0 Å². The van der Waals surface area contributed by atoms with Crippen molar-refractivity contribution in [2.75, 3.05) is 7.11 Å². The SMILES string of the molecule is CC/C(=N/OC)c1cc(C)nc2c(-c3c(C)cc(Br)cc3C)cccc12. The fourth-order valence-electron chi connectivity index (χ4n) is 3.57. The van der Waals surface area contributed by atoms with Crippen LogP contribution in [0.5, 0.6) is 0 Å². The number of aromatic nitrogens is 1. The van der Waals surface area contributed by atoms with E-state index in [0.29, 0.717) is 0 Å². The van der Waals surface area contributed by atoms with Gasteiger partial charge in [0.15, 0.2) is 0 Å². The third-order valence-corrected chi connectivity index (χ3v) is 5.04. The Morgan fingerprint density at radius 1 is 1.12 bits per heavy atom. The number of hydrogen-bond acceptors (Lipinski definition) is 3. The van der Waals surface area contributed by atoms with Gasteiger partial charge in [-0.05, 0) is 62.1 Å². The number of hydrogen-bond donors (Lipinski definition) is 0. The number of aryl methyl sites for hydroxylation is 3. The number of oxime groups is 1. The number of rotatable bonds is 4. The predicted octanol–water partition coefficient (Wildman–Crippen LogP) is 6.35. The van der Waals surface area contributed by atoms with Gasteiger partial charge in [0, 0.05) is 26.7 Å². The summed E-state index contributed by atoms with van der Waals surface area (Å²) in [7, 11) is 1.59. The Morgan fingerprint density at radius 3 is 2.42 bits per heavy atom. The van der Waals surface area contributed by atoms with E-state index in [4.69, 9.17) is 9.82 Å². The van der Waals surface area contributed by atoms with E-state index in [1.54, 1.807) is 7.11 Å². The third-order valence-electron chi connectivity index (χ3n) is 4.58. The number of halogens is 1. The molecule has 134 valence electrons. The van der Waals surface area contributed by atoms with Crippen LogP contribution in [0.25, 0.3) is 22.0 Å². The molecule has 0 bridgehead atoms. The van der Waals surface area contributed by atoms with E-state index >= 15 is 0 Å². The second-order valence-electron chi connectivity index (χ2n) is 6.50. The minimum absolute atomic E-state index is 0.799. The average molecular weight is 411 g/mol. The van der Waals surface area contributed by atoms with E-state index < -0.39 is 0 Å². The molecule has 3 rings (SSSR count). The first-order valence-corrected chi connectivity index (χ1v) is 9.53. The molecule has 1 heterocycles. The van der Waals surface area contributed by atoms with Gasteiger partial charge in [-0.3, -0.25) is 4.98 Å². The number of nitrogens with zero attached hydrogens (tertiary/aromatic N) is 2. The summed E-state index contributed by atoms with van der Waals surface area (Å²) in [6.45, 7) is 8.41. The van der Waals surface area contributed by atoms with Crippen LogP contribution < -0.4 is 0 Å². The highest BCUT2D eigenvalue weighted by atomic mass is 79.9. The molecule has 0 atom stereocenters. The molecular weight excluding hydrogens is 388 g/mol. The zero-order valence-electron chi connectivity index (χ0n) is 15.9. The summed E-state index contributed by atoms with van der Waals surface area (Å²) < 4.78 is 1.10. The van der Waals surface area contributed by atoms with E-state index in [9.17, 15) is 0 Å². The van der Waals surface area contributed by atoms with Crippen LogP contribution in [-0.2, 0) is 4.84 Å². The second-order valence-corrected chi connectivity index (χ2v) is 7.42.